The smallest absolute Gasteiger partial charge is 0.408 e. The van der Waals surface area contributed by atoms with Crippen molar-refractivity contribution in [1.29, 1.82) is 0 Å². The Labute approximate surface area is 291 Å². The van der Waals surface area contributed by atoms with E-state index in [1.807, 2.05) is 24.3 Å². The molecule has 2 aromatic rings. The van der Waals surface area contributed by atoms with Crippen LogP contribution in [0.25, 0.3) is 0 Å². The first kappa shape index (κ1) is 34.0. The number of fused-ring (bicyclic) bond motifs is 4. The van der Waals surface area contributed by atoms with Gasteiger partial charge in [-0.2, -0.15) is 0 Å². The predicted molar refractivity (Wildman–Crippen MR) is 181 cm³/mol. The lowest BCUT2D eigenvalue weighted by Gasteiger charge is -2.45. The van der Waals surface area contributed by atoms with Crippen molar-refractivity contribution < 1.29 is 41.7 Å². The van der Waals surface area contributed by atoms with E-state index < -0.39 is 39.1 Å². The number of sulfonamides is 1. The average molecular weight is 716 g/mol. The van der Waals surface area contributed by atoms with Crippen molar-refractivity contribution in [3.8, 4) is 11.5 Å². The fourth-order valence-corrected chi connectivity index (χ4v) is 8.65. The molecule has 2 fully saturated rings. The first-order valence-electron chi connectivity index (χ1n) is 16.8. The maximum atomic E-state index is 13.6. The van der Waals surface area contributed by atoms with Crippen LogP contribution in [0.3, 0.4) is 0 Å². The van der Waals surface area contributed by atoms with Crippen LogP contribution >= 0.6 is 11.6 Å². The SMILES string of the molecule is CC1(C)OC/C=C\[C@H](OC(=O)N[C@@H]2CCOC2)[C@@H]2CC[C@H]2CN2C[C@@]3(CCOc4cc(Cl)ccc43)COc3ccc(cc32)S(=O)(=O)NC1=O. The van der Waals surface area contributed by atoms with Gasteiger partial charge in [-0.15, -0.1) is 0 Å². The Morgan fingerprint density at radius 2 is 1.94 bits per heavy atom. The van der Waals surface area contributed by atoms with E-state index >= 15 is 0 Å². The molecule has 2 aromatic carbocycles. The number of anilines is 1. The third kappa shape index (κ3) is 6.95. The zero-order chi connectivity index (χ0) is 34.4. The molecule has 264 valence electrons. The van der Waals surface area contributed by atoms with Gasteiger partial charge in [0.2, 0.25) is 0 Å². The highest BCUT2D eigenvalue weighted by Crippen LogP contribution is 2.47. The Hall–Kier alpha value is -3.52. The monoisotopic (exact) mass is 715 g/mol. The summed E-state index contributed by atoms with van der Waals surface area (Å²) in [6.45, 7) is 5.94. The summed E-state index contributed by atoms with van der Waals surface area (Å²) in [5.74, 6) is 0.530. The number of amides is 2. The largest absolute Gasteiger partial charge is 0.493 e. The van der Waals surface area contributed by atoms with Gasteiger partial charge in [-0.3, -0.25) is 4.79 Å². The molecular weight excluding hydrogens is 674 g/mol. The van der Waals surface area contributed by atoms with Crippen LogP contribution in [0, 0.1) is 11.8 Å². The van der Waals surface area contributed by atoms with Crippen LogP contribution in [0.5, 0.6) is 11.5 Å². The molecule has 2 bridgehead atoms. The second kappa shape index (κ2) is 13.3. The molecule has 14 heteroatoms. The molecule has 1 saturated heterocycles. The van der Waals surface area contributed by atoms with Gasteiger partial charge in [0.05, 0.1) is 48.5 Å². The molecule has 1 spiro atoms. The van der Waals surface area contributed by atoms with Crippen molar-refractivity contribution >= 4 is 39.3 Å². The molecule has 12 nitrogen and oxygen atoms in total. The third-order valence-corrected chi connectivity index (χ3v) is 12.0. The van der Waals surface area contributed by atoms with E-state index in [2.05, 4.69) is 14.9 Å². The minimum Gasteiger partial charge on any atom is -0.493 e. The molecule has 5 aliphatic rings. The van der Waals surface area contributed by atoms with Gasteiger partial charge in [0, 0.05) is 36.2 Å². The van der Waals surface area contributed by atoms with E-state index in [-0.39, 0.29) is 29.4 Å². The number of benzene rings is 2. The number of alkyl carbamates (subject to hydrolysis) is 1. The first-order valence-corrected chi connectivity index (χ1v) is 18.7. The van der Waals surface area contributed by atoms with Crippen molar-refractivity contribution in [2.75, 3.05) is 51.0 Å². The van der Waals surface area contributed by atoms with E-state index in [0.717, 1.165) is 24.8 Å². The summed E-state index contributed by atoms with van der Waals surface area (Å²) < 4.78 is 59.2. The summed E-state index contributed by atoms with van der Waals surface area (Å²) in [4.78, 5) is 28.4. The van der Waals surface area contributed by atoms with E-state index in [1.165, 1.54) is 19.9 Å². The number of carbonyl (C=O) groups is 2. The molecule has 49 heavy (non-hydrogen) atoms. The molecule has 0 radical (unpaired) electrons. The summed E-state index contributed by atoms with van der Waals surface area (Å²) in [6.07, 6.45) is 5.60. The molecule has 5 atom stereocenters. The molecule has 1 aliphatic carbocycles. The molecule has 7 rings (SSSR count). The number of hydrogen-bond donors (Lipinski definition) is 2. The lowest BCUT2D eigenvalue weighted by Crippen LogP contribution is -2.50. The highest BCUT2D eigenvalue weighted by Gasteiger charge is 2.46. The number of nitrogens with zero attached hydrogens (tertiary/aromatic N) is 1. The lowest BCUT2D eigenvalue weighted by molar-refractivity contribution is -0.139. The number of carbonyl (C=O) groups excluding carboxylic acids is 2. The standard InChI is InChI=1S/C35H42ClN3O9S/c1-34(2)32(40)38-49(42,43)25-7-10-30-28(17-25)39(20-35(21-46-30)12-15-45-31-16-23(36)6-9-27(31)35)18-22-5-8-26(22)29(4-3-13-47-34)48-33(41)37-24-11-14-44-19-24/h3-4,6-7,9-10,16-17,22,24,26,29H,5,8,11-15,18-21H2,1-2H3,(H,37,41)(H,38,40)/b4-3-/t22-,24+,26+,29-,35-/m0/s1. The minimum absolute atomic E-state index is 0.00608. The predicted octanol–water partition coefficient (Wildman–Crippen LogP) is 4.34. The number of rotatable bonds is 2. The topological polar surface area (TPSA) is 142 Å². The quantitative estimate of drug-likeness (QED) is 0.432. The van der Waals surface area contributed by atoms with Crippen LogP contribution in [-0.2, 0) is 34.4 Å². The normalized spacial score (nSPS) is 31.0. The Balaban J connectivity index is 1.26. The van der Waals surface area contributed by atoms with E-state index in [0.29, 0.717) is 68.1 Å². The molecule has 1 saturated carbocycles. The first-order chi connectivity index (χ1) is 23.4. The number of halogens is 1. The molecule has 4 heterocycles. The van der Waals surface area contributed by atoms with Gasteiger partial charge in [0.25, 0.3) is 15.9 Å². The Kier molecular flexibility index (Phi) is 9.22. The minimum atomic E-state index is -4.26. The third-order valence-electron chi connectivity index (χ3n) is 10.4. The maximum absolute atomic E-state index is 13.6. The van der Waals surface area contributed by atoms with E-state index in [1.54, 1.807) is 18.2 Å². The lowest BCUT2D eigenvalue weighted by atomic mass is 9.69. The zero-order valence-corrected chi connectivity index (χ0v) is 29.2. The van der Waals surface area contributed by atoms with Crippen LogP contribution in [0.4, 0.5) is 10.5 Å². The second-order valence-corrected chi connectivity index (χ2v) is 16.2. The van der Waals surface area contributed by atoms with Crippen LogP contribution in [0.1, 0.15) is 45.1 Å². The molecule has 2 N–H and O–H groups in total. The van der Waals surface area contributed by atoms with Gasteiger partial charge < -0.3 is 33.9 Å². The van der Waals surface area contributed by atoms with E-state index in [4.69, 9.17) is 35.3 Å². The summed E-state index contributed by atoms with van der Waals surface area (Å²) >= 11 is 6.35. The Morgan fingerprint density at radius 3 is 2.71 bits per heavy atom. The number of nitrogens with one attached hydrogen (secondary N) is 2. The van der Waals surface area contributed by atoms with Gasteiger partial charge in [-0.05, 0) is 81.9 Å². The van der Waals surface area contributed by atoms with Crippen LogP contribution < -0.4 is 24.4 Å². The highest BCUT2D eigenvalue weighted by molar-refractivity contribution is 7.90. The molecule has 0 aromatic heterocycles. The Bertz CT molecular complexity index is 1750. The van der Waals surface area contributed by atoms with Crippen molar-refractivity contribution in [1.82, 2.24) is 10.0 Å². The summed E-state index contributed by atoms with van der Waals surface area (Å²) in [6, 6.07) is 10.2. The summed E-state index contributed by atoms with van der Waals surface area (Å²) in [5.41, 5.74) is -0.372. The van der Waals surface area contributed by atoms with Gasteiger partial charge in [-0.1, -0.05) is 23.7 Å². The van der Waals surface area contributed by atoms with Gasteiger partial charge in [-0.25, -0.2) is 17.9 Å². The highest BCUT2D eigenvalue weighted by atomic mass is 35.5. The zero-order valence-electron chi connectivity index (χ0n) is 27.6. The van der Waals surface area contributed by atoms with Crippen molar-refractivity contribution in [2.24, 2.45) is 11.8 Å². The molecular formula is C35H42ClN3O9S. The van der Waals surface area contributed by atoms with Gasteiger partial charge in [0.15, 0.2) is 0 Å². The van der Waals surface area contributed by atoms with Crippen molar-refractivity contribution in [3.05, 3.63) is 59.1 Å². The van der Waals surface area contributed by atoms with Crippen molar-refractivity contribution in [3.63, 3.8) is 0 Å². The van der Waals surface area contributed by atoms with Crippen LogP contribution in [-0.4, -0.2) is 84.3 Å². The number of hydrogen-bond acceptors (Lipinski definition) is 10. The Morgan fingerprint density at radius 1 is 1.08 bits per heavy atom. The van der Waals surface area contributed by atoms with Gasteiger partial charge in [0.1, 0.15) is 23.2 Å². The van der Waals surface area contributed by atoms with Crippen LogP contribution in [0.2, 0.25) is 5.02 Å². The maximum Gasteiger partial charge on any atom is 0.408 e. The van der Waals surface area contributed by atoms with Crippen LogP contribution in [0.15, 0.2) is 53.4 Å². The van der Waals surface area contributed by atoms with Crippen molar-refractivity contribution in [2.45, 2.75) is 67.6 Å². The van der Waals surface area contributed by atoms with E-state index in [9.17, 15) is 18.0 Å². The van der Waals surface area contributed by atoms with Gasteiger partial charge >= 0.3 is 6.09 Å². The summed E-state index contributed by atoms with van der Waals surface area (Å²) in [7, 11) is -4.26. The second-order valence-electron chi connectivity index (χ2n) is 14.1. The summed E-state index contributed by atoms with van der Waals surface area (Å²) in [5, 5.41) is 3.50. The molecule has 0 unspecified atom stereocenters. The average Bonchev–Trinajstić information content (AvgIpc) is 3.50. The fourth-order valence-electron chi connectivity index (χ4n) is 7.36. The fraction of sp³-hybridized carbons (Fsp3) is 0.543. The number of ether oxygens (including phenoxy) is 5. The molecule has 4 aliphatic heterocycles. The molecule has 2 amide bonds.